The number of hydrogen-bond acceptors (Lipinski definition) is 2. The highest BCUT2D eigenvalue weighted by atomic mass is 35.5. The quantitative estimate of drug-likeness (QED) is 0.645. The van der Waals surface area contributed by atoms with E-state index in [4.69, 9.17) is 28.9 Å². The first-order valence-corrected chi connectivity index (χ1v) is 5.40. The zero-order chi connectivity index (χ0) is 12.1. The van der Waals surface area contributed by atoms with Crippen LogP contribution in [0.25, 0.3) is 5.57 Å². The second kappa shape index (κ2) is 5.73. The fraction of sp³-hybridized carbons (Fsp3) is 0.0833. The second-order valence-corrected chi connectivity index (χ2v) is 3.86. The van der Waals surface area contributed by atoms with E-state index >= 15 is 0 Å². The van der Waals surface area contributed by atoms with Gasteiger partial charge in [0, 0.05) is 23.0 Å². The second-order valence-electron chi connectivity index (χ2n) is 3.07. The van der Waals surface area contributed by atoms with Gasteiger partial charge in [0.25, 0.3) is 0 Å². The zero-order valence-electron chi connectivity index (χ0n) is 8.87. The Balaban J connectivity index is 3.39. The van der Waals surface area contributed by atoms with Crippen molar-refractivity contribution in [3.8, 4) is 0 Å². The Morgan fingerprint density at radius 3 is 2.69 bits per heavy atom. The summed E-state index contributed by atoms with van der Waals surface area (Å²) < 4.78 is 0. The molecule has 0 saturated carbocycles. The number of aliphatic imine (C=N–C) groups is 1. The Bertz CT molecular complexity index is 462. The van der Waals surface area contributed by atoms with E-state index in [1.165, 1.54) is 0 Å². The van der Waals surface area contributed by atoms with Crippen molar-refractivity contribution in [2.45, 2.75) is 6.92 Å². The molecule has 0 amide bonds. The lowest BCUT2D eigenvalue weighted by Crippen LogP contribution is -2.00. The molecule has 0 fully saturated rings. The fourth-order valence-corrected chi connectivity index (χ4v) is 1.66. The van der Waals surface area contributed by atoms with Gasteiger partial charge in [0.05, 0.1) is 10.0 Å². The van der Waals surface area contributed by atoms with Gasteiger partial charge < -0.3 is 5.73 Å². The minimum absolute atomic E-state index is 0.462. The minimum Gasteiger partial charge on any atom is -0.398 e. The normalized spacial score (nSPS) is 12.7. The third-order valence-corrected chi connectivity index (χ3v) is 2.90. The van der Waals surface area contributed by atoms with Gasteiger partial charge in [0.2, 0.25) is 0 Å². The van der Waals surface area contributed by atoms with Gasteiger partial charge in [-0.05, 0) is 19.7 Å². The van der Waals surface area contributed by atoms with Crippen LogP contribution < -0.4 is 5.73 Å². The van der Waals surface area contributed by atoms with Crippen LogP contribution in [0.15, 0.2) is 41.2 Å². The smallest absolute Gasteiger partial charge is 0.0671 e. The van der Waals surface area contributed by atoms with Crippen molar-refractivity contribution in [1.82, 2.24) is 0 Å². The average molecular weight is 255 g/mol. The summed E-state index contributed by atoms with van der Waals surface area (Å²) in [6, 6.07) is 5.36. The van der Waals surface area contributed by atoms with Crippen LogP contribution in [0.4, 0.5) is 0 Å². The van der Waals surface area contributed by atoms with E-state index in [0.717, 1.165) is 5.56 Å². The van der Waals surface area contributed by atoms with Crippen LogP contribution in [0.3, 0.4) is 0 Å². The first-order valence-electron chi connectivity index (χ1n) is 4.64. The minimum atomic E-state index is 0.462. The van der Waals surface area contributed by atoms with E-state index in [1.54, 1.807) is 18.3 Å². The topological polar surface area (TPSA) is 38.4 Å². The molecule has 1 aromatic carbocycles. The summed E-state index contributed by atoms with van der Waals surface area (Å²) in [6.45, 7) is 5.25. The van der Waals surface area contributed by atoms with E-state index in [-0.39, 0.29) is 0 Å². The summed E-state index contributed by atoms with van der Waals surface area (Å²) in [5.74, 6) is 0. The van der Waals surface area contributed by atoms with Crippen molar-refractivity contribution >= 4 is 35.5 Å². The molecule has 0 aliphatic heterocycles. The summed E-state index contributed by atoms with van der Waals surface area (Å²) in [5, 5.41) is 0.946. The molecule has 16 heavy (non-hydrogen) atoms. The van der Waals surface area contributed by atoms with Gasteiger partial charge >= 0.3 is 0 Å². The summed E-state index contributed by atoms with van der Waals surface area (Å²) in [7, 11) is 0. The molecule has 2 N–H and O–H groups in total. The molecule has 0 heterocycles. The molecule has 0 aromatic heterocycles. The molecule has 0 atom stereocenters. The molecule has 84 valence electrons. The molecule has 0 radical (unpaired) electrons. The SMILES string of the molecule is C=N/C=C(\C(N)=C/C)c1cccc(Cl)c1Cl. The third kappa shape index (κ3) is 2.65. The van der Waals surface area contributed by atoms with E-state index in [9.17, 15) is 0 Å². The summed E-state index contributed by atoms with van der Waals surface area (Å²) in [6.07, 6.45) is 3.33. The van der Waals surface area contributed by atoms with Crippen LogP contribution in [-0.4, -0.2) is 6.72 Å². The molecule has 0 aliphatic carbocycles. The van der Waals surface area contributed by atoms with Gasteiger partial charge in [0.15, 0.2) is 0 Å². The monoisotopic (exact) mass is 254 g/mol. The van der Waals surface area contributed by atoms with E-state index in [0.29, 0.717) is 21.3 Å². The molecule has 1 rings (SSSR count). The first-order chi connectivity index (χ1) is 7.61. The van der Waals surface area contributed by atoms with Crippen molar-refractivity contribution in [3.63, 3.8) is 0 Å². The van der Waals surface area contributed by atoms with Gasteiger partial charge in [-0.15, -0.1) is 0 Å². The van der Waals surface area contributed by atoms with Crippen molar-refractivity contribution in [1.29, 1.82) is 0 Å². The Kier molecular flexibility index (Phi) is 4.59. The standard InChI is InChI=1S/C12H12Cl2N2/c1-3-11(15)9(7-16-2)8-5-4-6-10(13)12(8)14/h3-7H,2,15H2,1H3/b9-7-,11-3+. The van der Waals surface area contributed by atoms with Crippen LogP contribution in [-0.2, 0) is 0 Å². The van der Waals surface area contributed by atoms with Gasteiger partial charge in [-0.25, -0.2) is 0 Å². The van der Waals surface area contributed by atoms with Gasteiger partial charge in [-0.3, -0.25) is 4.99 Å². The Hall–Kier alpha value is -1.25. The maximum Gasteiger partial charge on any atom is 0.0671 e. The third-order valence-electron chi connectivity index (χ3n) is 2.08. The molecular weight excluding hydrogens is 243 g/mol. The van der Waals surface area contributed by atoms with Crippen molar-refractivity contribution in [2.75, 3.05) is 0 Å². The summed E-state index contributed by atoms with van der Waals surface area (Å²) in [4.78, 5) is 3.72. The van der Waals surface area contributed by atoms with E-state index in [2.05, 4.69) is 11.7 Å². The molecule has 0 saturated heterocycles. The number of nitrogens with zero attached hydrogens (tertiary/aromatic N) is 1. The maximum absolute atomic E-state index is 6.11. The largest absolute Gasteiger partial charge is 0.398 e. The predicted molar refractivity (Wildman–Crippen MR) is 71.9 cm³/mol. The molecule has 2 nitrogen and oxygen atoms in total. The van der Waals surface area contributed by atoms with E-state index in [1.807, 2.05) is 19.1 Å². The number of halogens is 2. The molecule has 0 unspecified atom stereocenters. The molecule has 1 aromatic rings. The summed E-state index contributed by atoms with van der Waals surface area (Å²) >= 11 is 12.0. The lowest BCUT2D eigenvalue weighted by molar-refractivity contribution is 1.38. The zero-order valence-corrected chi connectivity index (χ0v) is 10.4. The first kappa shape index (κ1) is 12.8. The Morgan fingerprint density at radius 2 is 2.12 bits per heavy atom. The lowest BCUT2D eigenvalue weighted by atomic mass is 10.0. The van der Waals surface area contributed by atoms with Gasteiger partial charge in [-0.1, -0.05) is 41.4 Å². The number of allylic oxidation sites excluding steroid dienone is 2. The maximum atomic E-state index is 6.11. The number of nitrogens with two attached hydrogens (primary N) is 1. The number of hydrogen-bond donors (Lipinski definition) is 1. The van der Waals surface area contributed by atoms with Crippen LogP contribution in [0.1, 0.15) is 12.5 Å². The molecule has 0 aliphatic rings. The Labute approximate surface area is 105 Å². The highest BCUT2D eigenvalue weighted by Crippen LogP contribution is 2.32. The highest BCUT2D eigenvalue weighted by molar-refractivity contribution is 6.43. The Morgan fingerprint density at radius 1 is 1.44 bits per heavy atom. The fourth-order valence-electron chi connectivity index (χ4n) is 1.26. The summed E-state index contributed by atoms with van der Waals surface area (Å²) in [5.41, 5.74) is 7.90. The molecule has 0 bridgehead atoms. The van der Waals surface area contributed by atoms with Crippen LogP contribution in [0.2, 0.25) is 10.0 Å². The molecular formula is C12H12Cl2N2. The van der Waals surface area contributed by atoms with Crippen molar-refractivity contribution < 1.29 is 0 Å². The van der Waals surface area contributed by atoms with Crippen molar-refractivity contribution in [2.24, 2.45) is 10.7 Å². The number of benzene rings is 1. The lowest BCUT2D eigenvalue weighted by Gasteiger charge is -2.09. The van der Waals surface area contributed by atoms with Crippen molar-refractivity contribution in [3.05, 3.63) is 51.8 Å². The average Bonchev–Trinajstić information content (AvgIpc) is 2.29. The van der Waals surface area contributed by atoms with Crippen LogP contribution >= 0.6 is 23.2 Å². The molecule has 0 spiro atoms. The van der Waals surface area contributed by atoms with Gasteiger partial charge in [-0.2, -0.15) is 0 Å². The van der Waals surface area contributed by atoms with E-state index < -0.39 is 0 Å². The van der Waals surface area contributed by atoms with Crippen LogP contribution in [0.5, 0.6) is 0 Å². The molecule has 4 heteroatoms. The number of rotatable bonds is 3. The van der Waals surface area contributed by atoms with Crippen LogP contribution in [0, 0.1) is 0 Å². The van der Waals surface area contributed by atoms with Gasteiger partial charge in [0.1, 0.15) is 0 Å². The predicted octanol–water partition coefficient (Wildman–Crippen LogP) is 3.90. The highest BCUT2D eigenvalue weighted by Gasteiger charge is 2.10.